The molecule has 1 atom stereocenters. The molecule has 2 aromatic carbocycles. The lowest BCUT2D eigenvalue weighted by Gasteiger charge is -2.24. The molecule has 1 aromatic heterocycles. The maximum atomic E-state index is 12.2. The Kier molecular flexibility index (Phi) is 5.49. The number of pyridine rings is 1. The van der Waals surface area contributed by atoms with E-state index in [0.29, 0.717) is 5.56 Å². The lowest BCUT2D eigenvalue weighted by Crippen LogP contribution is -2.38. The van der Waals surface area contributed by atoms with Crippen LogP contribution in [-0.2, 0) is 5.60 Å². The van der Waals surface area contributed by atoms with Crippen molar-refractivity contribution in [1.82, 2.24) is 10.3 Å². The molecule has 2 N–H and O–H groups in total. The van der Waals surface area contributed by atoms with Crippen molar-refractivity contribution in [3.8, 4) is 11.1 Å². The molecule has 0 unspecified atom stereocenters. The third kappa shape index (κ3) is 4.36. The lowest BCUT2D eigenvalue weighted by molar-refractivity contribution is 0.0526. The van der Waals surface area contributed by atoms with E-state index in [1.807, 2.05) is 54.6 Å². The Labute approximate surface area is 161 Å². The monoisotopic (exact) mass is 410 g/mol. The molecular weight excluding hydrogens is 392 g/mol. The molecule has 0 aliphatic carbocycles. The van der Waals surface area contributed by atoms with Gasteiger partial charge in [0.1, 0.15) is 5.60 Å². The highest BCUT2D eigenvalue weighted by atomic mass is 79.9. The van der Waals surface area contributed by atoms with Crippen molar-refractivity contribution >= 4 is 21.8 Å². The van der Waals surface area contributed by atoms with Crippen LogP contribution in [0.2, 0.25) is 0 Å². The van der Waals surface area contributed by atoms with Crippen LogP contribution in [0.15, 0.2) is 77.5 Å². The van der Waals surface area contributed by atoms with Gasteiger partial charge in [0.15, 0.2) is 0 Å². The molecule has 0 fully saturated rings. The Bertz CT molecular complexity index is 893. The number of carbonyl (C=O) groups excluding carboxylic acids is 1. The number of rotatable bonds is 5. The molecule has 0 saturated carbocycles. The number of aliphatic hydroxyl groups is 1. The second kappa shape index (κ2) is 7.81. The summed E-state index contributed by atoms with van der Waals surface area (Å²) >= 11 is 3.29. The summed E-state index contributed by atoms with van der Waals surface area (Å²) in [5.41, 5.74) is 2.20. The zero-order valence-corrected chi connectivity index (χ0v) is 15.9. The molecule has 0 spiro atoms. The third-order valence-corrected chi connectivity index (χ3v) is 4.61. The zero-order chi connectivity index (χ0) is 18.6. The van der Waals surface area contributed by atoms with Crippen LogP contribution in [0, 0.1) is 0 Å². The van der Waals surface area contributed by atoms with E-state index in [0.717, 1.165) is 21.2 Å². The van der Waals surface area contributed by atoms with Gasteiger partial charge in [0.2, 0.25) is 0 Å². The van der Waals surface area contributed by atoms with Crippen molar-refractivity contribution in [2.45, 2.75) is 12.5 Å². The molecule has 1 amide bonds. The predicted octanol–water partition coefficient (Wildman–Crippen LogP) is 4.15. The summed E-state index contributed by atoms with van der Waals surface area (Å²) in [6.45, 7) is 1.78. The highest BCUT2D eigenvalue weighted by molar-refractivity contribution is 9.10. The van der Waals surface area contributed by atoms with Crippen LogP contribution in [0.25, 0.3) is 11.1 Å². The molecule has 26 heavy (non-hydrogen) atoms. The molecule has 3 aromatic rings. The molecule has 4 nitrogen and oxygen atoms in total. The quantitative estimate of drug-likeness (QED) is 0.663. The number of amides is 1. The van der Waals surface area contributed by atoms with E-state index in [2.05, 4.69) is 26.2 Å². The van der Waals surface area contributed by atoms with Crippen molar-refractivity contribution in [1.29, 1.82) is 0 Å². The number of nitrogens with zero attached hydrogens (tertiary/aromatic N) is 1. The minimum Gasteiger partial charge on any atom is -0.384 e. The van der Waals surface area contributed by atoms with Crippen LogP contribution < -0.4 is 5.32 Å². The van der Waals surface area contributed by atoms with Gasteiger partial charge in [-0.25, -0.2) is 0 Å². The number of hydrogen-bond donors (Lipinski definition) is 2. The van der Waals surface area contributed by atoms with Crippen molar-refractivity contribution in [3.63, 3.8) is 0 Å². The zero-order valence-electron chi connectivity index (χ0n) is 14.3. The van der Waals surface area contributed by atoms with Gasteiger partial charge in [-0.1, -0.05) is 54.6 Å². The third-order valence-electron chi connectivity index (χ3n) is 4.17. The molecule has 5 heteroatoms. The van der Waals surface area contributed by atoms with Crippen molar-refractivity contribution in [3.05, 3.63) is 88.7 Å². The Morgan fingerprint density at radius 2 is 1.73 bits per heavy atom. The number of aromatic nitrogens is 1. The van der Waals surface area contributed by atoms with Crippen LogP contribution >= 0.6 is 15.9 Å². The first-order valence-corrected chi connectivity index (χ1v) is 9.02. The Hall–Kier alpha value is -2.50. The number of halogens is 1. The van der Waals surface area contributed by atoms with Gasteiger partial charge in [-0.3, -0.25) is 9.78 Å². The smallest absolute Gasteiger partial charge is 0.252 e. The van der Waals surface area contributed by atoms with Crippen LogP contribution in [-0.4, -0.2) is 22.5 Å². The SMILES string of the molecule is C[C@](O)(CNC(=O)c1cncc(Br)c1)c1ccc(-c2ccccc2)cc1. The van der Waals surface area contributed by atoms with E-state index >= 15 is 0 Å². The number of carbonyl (C=O) groups is 1. The van der Waals surface area contributed by atoms with Gasteiger partial charge in [-0.15, -0.1) is 0 Å². The molecule has 0 aliphatic rings. The Morgan fingerprint density at radius 1 is 1.08 bits per heavy atom. The first-order valence-electron chi connectivity index (χ1n) is 8.23. The Balaban J connectivity index is 1.69. The van der Waals surface area contributed by atoms with Gasteiger partial charge in [0, 0.05) is 16.9 Å². The maximum absolute atomic E-state index is 12.2. The highest BCUT2D eigenvalue weighted by Gasteiger charge is 2.24. The summed E-state index contributed by atoms with van der Waals surface area (Å²) in [4.78, 5) is 16.2. The van der Waals surface area contributed by atoms with Crippen LogP contribution in [0.3, 0.4) is 0 Å². The number of hydrogen-bond acceptors (Lipinski definition) is 3. The van der Waals surface area contributed by atoms with Crippen LogP contribution in [0.5, 0.6) is 0 Å². The normalized spacial score (nSPS) is 13.0. The van der Waals surface area contributed by atoms with Crippen LogP contribution in [0.4, 0.5) is 0 Å². The summed E-state index contributed by atoms with van der Waals surface area (Å²) < 4.78 is 0.730. The minimum absolute atomic E-state index is 0.100. The molecule has 0 saturated heterocycles. The summed E-state index contributed by atoms with van der Waals surface area (Å²) in [5, 5.41) is 13.5. The lowest BCUT2D eigenvalue weighted by atomic mass is 9.93. The highest BCUT2D eigenvalue weighted by Crippen LogP contribution is 2.25. The first kappa shape index (κ1) is 18.3. The molecule has 0 aliphatic heterocycles. The first-order chi connectivity index (χ1) is 12.5. The standard InChI is InChI=1S/C21H19BrN2O2/c1-21(26,14-24-20(25)17-11-19(22)13-23-12-17)18-9-7-16(8-10-18)15-5-3-2-4-6-15/h2-13,26H,14H2,1H3,(H,24,25)/t21-/m0/s1. The van der Waals surface area contributed by atoms with E-state index < -0.39 is 5.60 Å². The maximum Gasteiger partial charge on any atom is 0.252 e. The van der Waals surface area contributed by atoms with Gasteiger partial charge in [0.25, 0.3) is 5.91 Å². The van der Waals surface area contributed by atoms with E-state index in [1.165, 1.54) is 6.20 Å². The van der Waals surface area contributed by atoms with Crippen LogP contribution in [0.1, 0.15) is 22.8 Å². The van der Waals surface area contributed by atoms with E-state index in [4.69, 9.17) is 0 Å². The summed E-state index contributed by atoms with van der Waals surface area (Å²) in [5.74, 6) is -0.278. The van der Waals surface area contributed by atoms with Gasteiger partial charge >= 0.3 is 0 Å². The average molecular weight is 411 g/mol. The average Bonchev–Trinajstić information content (AvgIpc) is 2.67. The number of benzene rings is 2. The van der Waals surface area contributed by atoms with Crippen molar-refractivity contribution in [2.75, 3.05) is 6.54 Å². The molecule has 3 rings (SSSR count). The van der Waals surface area contributed by atoms with Gasteiger partial charge in [0.05, 0.1) is 12.1 Å². The van der Waals surface area contributed by atoms with E-state index in [9.17, 15) is 9.90 Å². The van der Waals surface area contributed by atoms with Gasteiger partial charge in [-0.2, -0.15) is 0 Å². The topological polar surface area (TPSA) is 62.2 Å². The second-order valence-electron chi connectivity index (χ2n) is 6.29. The molecule has 1 heterocycles. The fraction of sp³-hybridized carbons (Fsp3) is 0.143. The molecule has 0 radical (unpaired) electrons. The summed E-state index contributed by atoms with van der Waals surface area (Å²) in [7, 11) is 0. The molecule has 0 bridgehead atoms. The fourth-order valence-electron chi connectivity index (χ4n) is 2.64. The van der Waals surface area contributed by atoms with Gasteiger partial charge in [-0.05, 0) is 45.6 Å². The Morgan fingerprint density at radius 3 is 2.38 bits per heavy atom. The minimum atomic E-state index is -1.18. The van der Waals surface area contributed by atoms with E-state index in [1.54, 1.807) is 19.2 Å². The fourth-order valence-corrected chi connectivity index (χ4v) is 3.01. The summed E-state index contributed by atoms with van der Waals surface area (Å²) in [6, 6.07) is 19.4. The largest absolute Gasteiger partial charge is 0.384 e. The number of nitrogens with one attached hydrogen (secondary N) is 1. The molecule has 132 valence electrons. The van der Waals surface area contributed by atoms with Crippen molar-refractivity contribution < 1.29 is 9.90 Å². The summed E-state index contributed by atoms with van der Waals surface area (Å²) in [6.07, 6.45) is 3.10. The molecular formula is C21H19BrN2O2. The second-order valence-corrected chi connectivity index (χ2v) is 7.21. The predicted molar refractivity (Wildman–Crippen MR) is 106 cm³/mol. The van der Waals surface area contributed by atoms with Gasteiger partial charge < -0.3 is 10.4 Å². The van der Waals surface area contributed by atoms with Crippen molar-refractivity contribution in [2.24, 2.45) is 0 Å². The van der Waals surface area contributed by atoms with E-state index in [-0.39, 0.29) is 12.5 Å².